The fraction of sp³-hybridized carbons (Fsp3) is 0.632. The van der Waals surface area contributed by atoms with Crippen LogP contribution in [0.5, 0.6) is 0 Å². The van der Waals surface area contributed by atoms with E-state index in [1.54, 1.807) is 4.90 Å². The summed E-state index contributed by atoms with van der Waals surface area (Å²) >= 11 is 0. The molecule has 1 fully saturated rings. The van der Waals surface area contributed by atoms with Crippen LogP contribution in [0.3, 0.4) is 0 Å². The molecule has 1 aliphatic heterocycles. The number of rotatable bonds is 2. The van der Waals surface area contributed by atoms with Crippen molar-refractivity contribution in [1.29, 1.82) is 0 Å². The second-order valence-electron chi connectivity index (χ2n) is 6.64. The number of piperidine rings is 1. The Morgan fingerprint density at radius 2 is 1.70 bits per heavy atom. The van der Waals surface area contributed by atoms with Crippen LogP contribution in [-0.2, 0) is 11.3 Å². The third-order valence-electron chi connectivity index (χ3n) is 3.78. The predicted molar refractivity (Wildman–Crippen MR) is 93.5 cm³/mol. The molecule has 0 spiro atoms. The Balaban J connectivity index is 0.00000127. The molecular formula is C19H31NO3. The Morgan fingerprint density at radius 1 is 1.17 bits per heavy atom. The van der Waals surface area contributed by atoms with E-state index in [1.165, 1.54) is 5.56 Å². The first-order valence-corrected chi connectivity index (χ1v) is 8.56. The van der Waals surface area contributed by atoms with E-state index in [9.17, 15) is 4.79 Å². The lowest BCUT2D eigenvalue weighted by atomic mass is 9.89. The number of likely N-dealkylation sites (tertiary alicyclic amines) is 1. The number of ether oxygens (including phenoxy) is 1. The minimum atomic E-state index is -0.436. The predicted octanol–water partition coefficient (Wildman–Crippen LogP) is 4.32. The second kappa shape index (κ2) is 8.92. The number of hydrogen-bond donors (Lipinski definition) is 1. The lowest BCUT2D eigenvalue weighted by molar-refractivity contribution is 0.0205. The summed E-state index contributed by atoms with van der Waals surface area (Å²) in [6, 6.07) is 8.10. The molecule has 23 heavy (non-hydrogen) atoms. The van der Waals surface area contributed by atoms with Crippen LogP contribution in [0.2, 0.25) is 0 Å². The van der Waals surface area contributed by atoms with Gasteiger partial charge in [-0.3, -0.25) is 0 Å². The van der Waals surface area contributed by atoms with Crippen LogP contribution in [0, 0.1) is 0 Å². The zero-order chi connectivity index (χ0) is 17.5. The highest BCUT2D eigenvalue weighted by Crippen LogP contribution is 2.28. The zero-order valence-electron chi connectivity index (χ0n) is 15.1. The number of hydrogen-bond acceptors (Lipinski definition) is 3. The van der Waals surface area contributed by atoms with Gasteiger partial charge in [-0.2, -0.15) is 0 Å². The molecule has 0 unspecified atom stereocenters. The average molecular weight is 321 g/mol. The monoisotopic (exact) mass is 321 g/mol. The SMILES string of the molecule is CC.CC(C)(C)OC(=O)N1CCC(c2ccc(CO)cc2)CC1. The third kappa shape index (κ3) is 6.22. The molecule has 0 atom stereocenters. The van der Waals surface area contributed by atoms with Crippen molar-refractivity contribution in [2.75, 3.05) is 13.1 Å². The maximum Gasteiger partial charge on any atom is 0.410 e. The fourth-order valence-corrected chi connectivity index (χ4v) is 2.62. The van der Waals surface area contributed by atoms with E-state index in [1.807, 2.05) is 46.8 Å². The third-order valence-corrected chi connectivity index (χ3v) is 3.78. The molecular weight excluding hydrogens is 290 g/mol. The number of nitrogens with zero attached hydrogens (tertiary/aromatic N) is 1. The van der Waals surface area contributed by atoms with Crippen molar-refractivity contribution >= 4 is 6.09 Å². The maximum atomic E-state index is 12.0. The number of carbonyl (C=O) groups excluding carboxylic acids is 1. The van der Waals surface area contributed by atoms with Crippen molar-refractivity contribution < 1.29 is 14.6 Å². The summed E-state index contributed by atoms with van der Waals surface area (Å²) in [5, 5.41) is 9.07. The highest BCUT2D eigenvalue weighted by Gasteiger charge is 2.27. The molecule has 1 aliphatic rings. The van der Waals surface area contributed by atoms with Crippen molar-refractivity contribution in [3.05, 3.63) is 35.4 Å². The van der Waals surface area contributed by atoms with Crippen molar-refractivity contribution in [3.63, 3.8) is 0 Å². The molecule has 2 rings (SSSR count). The highest BCUT2D eigenvalue weighted by molar-refractivity contribution is 5.68. The van der Waals surface area contributed by atoms with Gasteiger partial charge in [0.05, 0.1) is 6.61 Å². The van der Waals surface area contributed by atoms with E-state index < -0.39 is 5.60 Å². The van der Waals surface area contributed by atoms with Crippen LogP contribution in [0.1, 0.15) is 64.5 Å². The van der Waals surface area contributed by atoms with Crippen molar-refractivity contribution in [2.24, 2.45) is 0 Å². The van der Waals surface area contributed by atoms with Crippen molar-refractivity contribution in [2.45, 2.75) is 65.6 Å². The number of benzene rings is 1. The molecule has 0 saturated carbocycles. The number of aliphatic hydroxyl groups excluding tert-OH is 1. The van der Waals surface area contributed by atoms with Crippen LogP contribution in [-0.4, -0.2) is 34.8 Å². The smallest absolute Gasteiger partial charge is 0.410 e. The van der Waals surface area contributed by atoms with E-state index in [0.717, 1.165) is 31.5 Å². The molecule has 0 aromatic heterocycles. The van der Waals surface area contributed by atoms with Gasteiger partial charge in [-0.05, 0) is 50.7 Å². The Morgan fingerprint density at radius 3 is 2.13 bits per heavy atom. The van der Waals surface area contributed by atoms with E-state index in [0.29, 0.717) is 5.92 Å². The Labute approximate surface area is 140 Å². The van der Waals surface area contributed by atoms with Crippen LogP contribution in [0.4, 0.5) is 4.79 Å². The molecule has 4 nitrogen and oxygen atoms in total. The molecule has 0 aliphatic carbocycles. The molecule has 0 bridgehead atoms. The van der Waals surface area contributed by atoms with Crippen LogP contribution >= 0.6 is 0 Å². The maximum absolute atomic E-state index is 12.0. The Bertz CT molecular complexity index is 468. The Hall–Kier alpha value is -1.55. The second-order valence-corrected chi connectivity index (χ2v) is 6.64. The fourth-order valence-electron chi connectivity index (χ4n) is 2.62. The van der Waals surface area contributed by atoms with Gasteiger partial charge in [0.15, 0.2) is 0 Å². The molecule has 130 valence electrons. The van der Waals surface area contributed by atoms with E-state index in [4.69, 9.17) is 9.84 Å². The minimum Gasteiger partial charge on any atom is -0.444 e. The molecule has 4 heteroatoms. The molecule has 0 radical (unpaired) electrons. The first-order valence-electron chi connectivity index (χ1n) is 8.56. The van der Waals surface area contributed by atoms with E-state index in [-0.39, 0.29) is 12.7 Å². The van der Waals surface area contributed by atoms with E-state index >= 15 is 0 Å². The quantitative estimate of drug-likeness (QED) is 0.882. The molecule has 1 heterocycles. The standard InChI is InChI=1S/C17H25NO3.C2H6/c1-17(2,3)21-16(20)18-10-8-15(9-11-18)14-6-4-13(12-19)5-7-14;1-2/h4-7,15,19H,8-12H2,1-3H3;1-2H3. The first-order chi connectivity index (χ1) is 10.9. The summed E-state index contributed by atoms with van der Waals surface area (Å²) < 4.78 is 5.41. The molecule has 1 aromatic carbocycles. The van der Waals surface area contributed by atoms with Gasteiger partial charge in [0.1, 0.15) is 5.60 Å². The average Bonchev–Trinajstić information content (AvgIpc) is 2.55. The van der Waals surface area contributed by atoms with Gasteiger partial charge < -0.3 is 14.7 Å². The summed E-state index contributed by atoms with van der Waals surface area (Å²) in [6.45, 7) is 11.2. The first kappa shape index (κ1) is 19.5. The normalized spacial score (nSPS) is 15.7. The summed E-state index contributed by atoms with van der Waals surface area (Å²) in [6.07, 6.45) is 1.70. The van der Waals surface area contributed by atoms with Crippen LogP contribution in [0.25, 0.3) is 0 Å². The molecule has 1 N–H and O–H groups in total. The number of carbonyl (C=O) groups is 1. The molecule has 1 amide bonds. The number of aliphatic hydroxyl groups is 1. The topological polar surface area (TPSA) is 49.8 Å². The molecule has 1 aromatic rings. The van der Waals surface area contributed by atoms with E-state index in [2.05, 4.69) is 12.1 Å². The van der Waals surface area contributed by atoms with Gasteiger partial charge in [0.25, 0.3) is 0 Å². The Kier molecular flexibility index (Phi) is 7.56. The summed E-state index contributed by atoms with van der Waals surface area (Å²) in [7, 11) is 0. The number of amides is 1. The lowest BCUT2D eigenvalue weighted by Gasteiger charge is -2.33. The van der Waals surface area contributed by atoms with Gasteiger partial charge in [-0.15, -0.1) is 0 Å². The van der Waals surface area contributed by atoms with Gasteiger partial charge >= 0.3 is 6.09 Å². The summed E-state index contributed by atoms with van der Waals surface area (Å²) in [5.74, 6) is 0.483. The summed E-state index contributed by atoms with van der Waals surface area (Å²) in [5.41, 5.74) is 1.79. The van der Waals surface area contributed by atoms with Gasteiger partial charge in [0.2, 0.25) is 0 Å². The van der Waals surface area contributed by atoms with Crippen LogP contribution < -0.4 is 0 Å². The van der Waals surface area contributed by atoms with Gasteiger partial charge in [-0.1, -0.05) is 38.1 Å². The minimum absolute atomic E-state index is 0.0807. The van der Waals surface area contributed by atoms with Gasteiger partial charge in [0, 0.05) is 13.1 Å². The zero-order valence-corrected chi connectivity index (χ0v) is 15.1. The largest absolute Gasteiger partial charge is 0.444 e. The summed E-state index contributed by atoms with van der Waals surface area (Å²) in [4.78, 5) is 13.8. The van der Waals surface area contributed by atoms with Crippen molar-refractivity contribution in [3.8, 4) is 0 Å². The highest BCUT2D eigenvalue weighted by atomic mass is 16.6. The van der Waals surface area contributed by atoms with Crippen molar-refractivity contribution in [1.82, 2.24) is 4.90 Å². The van der Waals surface area contributed by atoms with Crippen LogP contribution in [0.15, 0.2) is 24.3 Å². The lowest BCUT2D eigenvalue weighted by Crippen LogP contribution is -2.41. The molecule has 1 saturated heterocycles. The van der Waals surface area contributed by atoms with Gasteiger partial charge in [-0.25, -0.2) is 4.79 Å².